The standard InChI is InChI=1S/C12H14N4O/c1-8-14-12(17-15-8)7-16-5-9-2-3-11(13)4-10(9)6-16/h2-4H,5-7,13H2,1H3. The lowest BCUT2D eigenvalue weighted by molar-refractivity contribution is 0.231. The predicted molar refractivity (Wildman–Crippen MR) is 62.8 cm³/mol. The summed E-state index contributed by atoms with van der Waals surface area (Å²) in [5, 5.41) is 3.79. The highest BCUT2D eigenvalue weighted by atomic mass is 16.5. The van der Waals surface area contributed by atoms with Crippen LogP contribution >= 0.6 is 0 Å². The fraction of sp³-hybridized carbons (Fsp3) is 0.333. The van der Waals surface area contributed by atoms with E-state index in [4.69, 9.17) is 10.3 Å². The van der Waals surface area contributed by atoms with Crippen molar-refractivity contribution in [2.75, 3.05) is 5.73 Å². The Morgan fingerprint density at radius 1 is 1.35 bits per heavy atom. The van der Waals surface area contributed by atoms with E-state index in [0.29, 0.717) is 18.3 Å². The van der Waals surface area contributed by atoms with E-state index in [0.717, 1.165) is 18.8 Å². The van der Waals surface area contributed by atoms with Gasteiger partial charge in [-0.2, -0.15) is 4.98 Å². The number of anilines is 1. The second-order valence-electron chi connectivity index (χ2n) is 4.41. The van der Waals surface area contributed by atoms with Crippen LogP contribution in [0.2, 0.25) is 0 Å². The molecule has 88 valence electrons. The van der Waals surface area contributed by atoms with Crippen molar-refractivity contribution in [1.82, 2.24) is 15.0 Å². The Kier molecular flexibility index (Phi) is 2.33. The van der Waals surface area contributed by atoms with Crippen molar-refractivity contribution in [3.8, 4) is 0 Å². The van der Waals surface area contributed by atoms with Gasteiger partial charge in [0.15, 0.2) is 5.82 Å². The fourth-order valence-electron chi connectivity index (χ4n) is 2.19. The number of hydrogen-bond donors (Lipinski definition) is 1. The van der Waals surface area contributed by atoms with Crippen LogP contribution in [-0.4, -0.2) is 15.0 Å². The number of nitrogen functional groups attached to an aromatic ring is 1. The molecule has 5 heteroatoms. The summed E-state index contributed by atoms with van der Waals surface area (Å²) in [5.41, 5.74) is 9.21. The number of nitrogens with two attached hydrogens (primary N) is 1. The van der Waals surface area contributed by atoms with Crippen LogP contribution in [0.15, 0.2) is 22.7 Å². The lowest BCUT2D eigenvalue weighted by Gasteiger charge is -2.10. The van der Waals surface area contributed by atoms with E-state index in [-0.39, 0.29) is 0 Å². The Hall–Kier alpha value is -1.88. The van der Waals surface area contributed by atoms with Crippen LogP contribution < -0.4 is 5.73 Å². The molecular weight excluding hydrogens is 216 g/mol. The van der Waals surface area contributed by atoms with E-state index in [1.54, 1.807) is 0 Å². The molecule has 3 rings (SSSR count). The molecule has 0 fully saturated rings. The average Bonchev–Trinajstić information content (AvgIpc) is 2.84. The van der Waals surface area contributed by atoms with Gasteiger partial charge < -0.3 is 10.3 Å². The van der Waals surface area contributed by atoms with Crippen molar-refractivity contribution in [2.45, 2.75) is 26.6 Å². The van der Waals surface area contributed by atoms with Gasteiger partial charge in [-0.05, 0) is 30.2 Å². The van der Waals surface area contributed by atoms with Gasteiger partial charge in [-0.1, -0.05) is 11.2 Å². The van der Waals surface area contributed by atoms with Gasteiger partial charge in [0.1, 0.15) is 0 Å². The number of aromatic nitrogens is 2. The number of nitrogens with zero attached hydrogens (tertiary/aromatic N) is 3. The Morgan fingerprint density at radius 3 is 2.94 bits per heavy atom. The first-order valence-corrected chi connectivity index (χ1v) is 5.59. The molecule has 2 heterocycles. The smallest absolute Gasteiger partial charge is 0.240 e. The molecule has 1 aromatic heterocycles. The summed E-state index contributed by atoms with van der Waals surface area (Å²) in [4.78, 5) is 6.47. The molecule has 0 saturated heterocycles. The van der Waals surface area contributed by atoms with Crippen molar-refractivity contribution in [2.24, 2.45) is 0 Å². The Labute approximate surface area is 99.2 Å². The van der Waals surface area contributed by atoms with E-state index in [9.17, 15) is 0 Å². The monoisotopic (exact) mass is 230 g/mol. The molecule has 0 saturated carbocycles. The van der Waals surface area contributed by atoms with Crippen molar-refractivity contribution in [3.63, 3.8) is 0 Å². The SMILES string of the molecule is Cc1noc(CN2Cc3ccc(N)cc3C2)n1. The lowest BCUT2D eigenvalue weighted by Crippen LogP contribution is -2.15. The first kappa shape index (κ1) is 10.3. The summed E-state index contributed by atoms with van der Waals surface area (Å²) in [7, 11) is 0. The second-order valence-corrected chi connectivity index (χ2v) is 4.41. The topological polar surface area (TPSA) is 68.2 Å². The molecule has 1 aliphatic heterocycles. The molecular formula is C12H14N4O. The quantitative estimate of drug-likeness (QED) is 0.791. The molecule has 5 nitrogen and oxygen atoms in total. The molecule has 0 bridgehead atoms. The van der Waals surface area contributed by atoms with Crippen molar-refractivity contribution >= 4 is 5.69 Å². The molecule has 2 N–H and O–H groups in total. The molecule has 1 aromatic carbocycles. The molecule has 0 aliphatic carbocycles. The summed E-state index contributed by atoms with van der Waals surface area (Å²) in [6.45, 7) is 4.32. The summed E-state index contributed by atoms with van der Waals surface area (Å²) in [6.07, 6.45) is 0. The van der Waals surface area contributed by atoms with Crippen LogP contribution in [0.3, 0.4) is 0 Å². The van der Waals surface area contributed by atoms with E-state index in [2.05, 4.69) is 21.1 Å². The molecule has 0 radical (unpaired) electrons. The van der Waals surface area contributed by atoms with Gasteiger partial charge in [0.05, 0.1) is 6.54 Å². The van der Waals surface area contributed by atoms with Crippen LogP contribution in [0.1, 0.15) is 22.8 Å². The normalized spacial score (nSPS) is 15.1. The van der Waals surface area contributed by atoms with Crippen LogP contribution in [0, 0.1) is 6.92 Å². The molecule has 2 aromatic rings. The molecule has 0 unspecified atom stereocenters. The van der Waals surface area contributed by atoms with Gasteiger partial charge in [-0.25, -0.2) is 0 Å². The van der Waals surface area contributed by atoms with Crippen molar-refractivity contribution in [1.29, 1.82) is 0 Å². The van der Waals surface area contributed by atoms with Crippen molar-refractivity contribution < 1.29 is 4.52 Å². The minimum Gasteiger partial charge on any atom is -0.399 e. The zero-order valence-electron chi connectivity index (χ0n) is 9.68. The maximum absolute atomic E-state index is 5.77. The number of hydrogen-bond acceptors (Lipinski definition) is 5. The number of rotatable bonds is 2. The third-order valence-corrected chi connectivity index (χ3v) is 2.95. The van der Waals surface area contributed by atoms with E-state index in [1.807, 2.05) is 19.1 Å². The summed E-state index contributed by atoms with van der Waals surface area (Å²) >= 11 is 0. The Morgan fingerprint density at radius 2 is 2.18 bits per heavy atom. The van der Waals surface area contributed by atoms with Crippen LogP contribution in [-0.2, 0) is 19.6 Å². The minimum atomic E-state index is 0.670. The van der Waals surface area contributed by atoms with E-state index in [1.165, 1.54) is 11.1 Å². The third-order valence-electron chi connectivity index (χ3n) is 2.95. The molecule has 1 aliphatic rings. The highest BCUT2D eigenvalue weighted by Gasteiger charge is 2.20. The maximum atomic E-state index is 5.77. The van der Waals surface area contributed by atoms with E-state index >= 15 is 0 Å². The van der Waals surface area contributed by atoms with Crippen LogP contribution in [0.5, 0.6) is 0 Å². The second kappa shape index (κ2) is 3.85. The van der Waals surface area contributed by atoms with Gasteiger partial charge in [-0.3, -0.25) is 4.90 Å². The first-order valence-electron chi connectivity index (χ1n) is 5.59. The first-order chi connectivity index (χ1) is 8.20. The van der Waals surface area contributed by atoms with Crippen LogP contribution in [0.4, 0.5) is 5.69 Å². The van der Waals surface area contributed by atoms with Gasteiger partial charge in [0.2, 0.25) is 5.89 Å². The average molecular weight is 230 g/mol. The summed E-state index contributed by atoms with van der Waals surface area (Å²) < 4.78 is 5.12. The number of benzene rings is 1. The zero-order valence-corrected chi connectivity index (χ0v) is 9.68. The number of fused-ring (bicyclic) bond motifs is 1. The van der Waals surface area contributed by atoms with Gasteiger partial charge in [-0.15, -0.1) is 0 Å². The molecule has 0 amide bonds. The van der Waals surface area contributed by atoms with Gasteiger partial charge in [0.25, 0.3) is 0 Å². The molecule has 0 spiro atoms. The summed E-state index contributed by atoms with van der Waals surface area (Å²) in [5.74, 6) is 1.35. The highest BCUT2D eigenvalue weighted by Crippen LogP contribution is 2.25. The summed E-state index contributed by atoms with van der Waals surface area (Å²) in [6, 6.07) is 6.07. The fourth-order valence-corrected chi connectivity index (χ4v) is 2.19. The van der Waals surface area contributed by atoms with Gasteiger partial charge >= 0.3 is 0 Å². The van der Waals surface area contributed by atoms with Gasteiger partial charge in [0, 0.05) is 18.8 Å². The molecule has 0 atom stereocenters. The van der Waals surface area contributed by atoms with Crippen LogP contribution in [0.25, 0.3) is 0 Å². The Bertz CT molecular complexity index is 547. The number of aryl methyl sites for hydroxylation is 1. The van der Waals surface area contributed by atoms with Crippen molar-refractivity contribution in [3.05, 3.63) is 41.0 Å². The third kappa shape index (κ3) is 2.01. The Balaban J connectivity index is 1.74. The highest BCUT2D eigenvalue weighted by molar-refractivity contribution is 5.46. The predicted octanol–water partition coefficient (Wildman–Crippen LogP) is 1.48. The maximum Gasteiger partial charge on any atom is 0.240 e. The molecule has 17 heavy (non-hydrogen) atoms. The zero-order chi connectivity index (χ0) is 11.8. The largest absolute Gasteiger partial charge is 0.399 e. The lowest BCUT2D eigenvalue weighted by atomic mass is 10.1. The van der Waals surface area contributed by atoms with E-state index < -0.39 is 0 Å². The minimum absolute atomic E-state index is 0.670.